The molecule has 1 aromatic carbocycles. The fourth-order valence-electron chi connectivity index (χ4n) is 4.01. The number of carbonyl (C=O) groups is 1. The summed E-state index contributed by atoms with van der Waals surface area (Å²) in [7, 11) is 0. The third kappa shape index (κ3) is 4.11. The Bertz CT molecular complexity index is 720. The lowest BCUT2D eigenvalue weighted by molar-refractivity contribution is -0.129. The van der Waals surface area contributed by atoms with Gasteiger partial charge in [-0.1, -0.05) is 67.8 Å². The molecule has 2 aromatic rings. The Kier molecular flexibility index (Phi) is 5.58. The van der Waals surface area contributed by atoms with E-state index in [1.165, 1.54) is 37.4 Å². The Balaban J connectivity index is 1.49. The van der Waals surface area contributed by atoms with E-state index >= 15 is 0 Å². The van der Waals surface area contributed by atoms with E-state index in [-0.39, 0.29) is 11.2 Å². The zero-order valence-electron chi connectivity index (χ0n) is 15.1. The van der Waals surface area contributed by atoms with Crippen LogP contribution >= 0.6 is 11.8 Å². The summed E-state index contributed by atoms with van der Waals surface area (Å²) in [5.74, 6) is 1.87. The molecule has 1 amide bonds. The maximum absolute atomic E-state index is 13.1. The monoisotopic (exact) mass is 370 g/mol. The molecule has 2 fully saturated rings. The molecule has 2 heterocycles. The second-order valence-corrected chi connectivity index (χ2v) is 8.43. The van der Waals surface area contributed by atoms with Crippen molar-refractivity contribution >= 4 is 17.7 Å². The Hall–Kier alpha value is -1.82. The summed E-state index contributed by atoms with van der Waals surface area (Å²) in [6.07, 6.45) is 8.44. The summed E-state index contributed by atoms with van der Waals surface area (Å²) in [6, 6.07) is 10.0. The van der Waals surface area contributed by atoms with Gasteiger partial charge >= 0.3 is 0 Å². The summed E-state index contributed by atoms with van der Waals surface area (Å²) >= 11 is 1.47. The fraction of sp³-hybridized carbons (Fsp3) is 0.550. The van der Waals surface area contributed by atoms with Gasteiger partial charge in [-0.2, -0.15) is 0 Å². The van der Waals surface area contributed by atoms with Gasteiger partial charge in [0.1, 0.15) is 11.1 Å². The van der Waals surface area contributed by atoms with Gasteiger partial charge in [0.25, 0.3) is 0 Å². The van der Waals surface area contributed by atoms with Crippen molar-refractivity contribution in [3.8, 4) is 0 Å². The molecule has 5 nitrogen and oxygen atoms in total. The molecule has 1 aromatic heterocycles. The lowest BCUT2D eigenvalue weighted by Gasteiger charge is -2.22. The predicted molar refractivity (Wildman–Crippen MR) is 103 cm³/mol. The number of aromatic amines is 1. The minimum absolute atomic E-state index is 0.181. The molecular formula is C20H26N4OS. The minimum Gasteiger partial charge on any atom is -0.341 e. The van der Waals surface area contributed by atoms with Crippen LogP contribution in [0.3, 0.4) is 0 Å². The van der Waals surface area contributed by atoms with Gasteiger partial charge in [0, 0.05) is 19.5 Å². The fourth-order valence-corrected chi connectivity index (χ4v) is 5.02. The van der Waals surface area contributed by atoms with E-state index in [1.807, 2.05) is 35.2 Å². The molecule has 1 saturated carbocycles. The number of H-pyrrole nitrogens is 1. The number of hydrogen-bond acceptors (Lipinski definition) is 4. The minimum atomic E-state index is -0.274. The van der Waals surface area contributed by atoms with E-state index in [4.69, 9.17) is 0 Å². The van der Waals surface area contributed by atoms with Crippen molar-refractivity contribution in [3.05, 3.63) is 41.7 Å². The Morgan fingerprint density at radius 3 is 2.62 bits per heavy atom. The number of carbonyl (C=O) groups excluding carboxylic acids is 1. The number of amides is 1. The van der Waals surface area contributed by atoms with Crippen LogP contribution in [0.1, 0.15) is 55.2 Å². The highest BCUT2D eigenvalue weighted by molar-refractivity contribution is 8.00. The molecule has 0 radical (unpaired) electrons. The third-order valence-electron chi connectivity index (χ3n) is 5.44. The molecule has 0 spiro atoms. The number of rotatable bonds is 6. The molecule has 0 bridgehead atoms. The van der Waals surface area contributed by atoms with Crippen molar-refractivity contribution in [2.24, 2.45) is 5.92 Å². The number of likely N-dealkylation sites (tertiary alicyclic amines) is 1. The van der Waals surface area contributed by atoms with Gasteiger partial charge in [-0.3, -0.25) is 9.89 Å². The van der Waals surface area contributed by atoms with Crippen LogP contribution in [0, 0.1) is 5.92 Å². The molecule has 138 valence electrons. The topological polar surface area (TPSA) is 61.9 Å². The lowest BCUT2D eigenvalue weighted by atomic mass is 10.0. The molecule has 1 aliphatic carbocycles. The largest absolute Gasteiger partial charge is 0.341 e. The third-order valence-corrected chi connectivity index (χ3v) is 6.54. The van der Waals surface area contributed by atoms with Gasteiger partial charge in [0.15, 0.2) is 0 Å². The molecule has 1 unspecified atom stereocenters. The summed E-state index contributed by atoms with van der Waals surface area (Å²) in [5, 5.41) is 7.89. The first-order valence-electron chi connectivity index (χ1n) is 9.71. The normalized spacial score (nSPS) is 19.2. The van der Waals surface area contributed by atoms with Gasteiger partial charge in [0.2, 0.25) is 11.1 Å². The Morgan fingerprint density at radius 1 is 1.15 bits per heavy atom. The van der Waals surface area contributed by atoms with Gasteiger partial charge in [-0.25, -0.2) is 4.98 Å². The molecule has 6 heteroatoms. The van der Waals surface area contributed by atoms with Crippen molar-refractivity contribution < 1.29 is 4.79 Å². The van der Waals surface area contributed by atoms with Crippen LogP contribution in [0.25, 0.3) is 0 Å². The number of nitrogens with zero attached hydrogens (tertiary/aromatic N) is 3. The van der Waals surface area contributed by atoms with E-state index < -0.39 is 0 Å². The van der Waals surface area contributed by atoms with Crippen LogP contribution in [0.15, 0.2) is 35.5 Å². The van der Waals surface area contributed by atoms with Crippen molar-refractivity contribution in [2.75, 3.05) is 13.1 Å². The van der Waals surface area contributed by atoms with Gasteiger partial charge in [-0.15, -0.1) is 5.10 Å². The summed E-state index contributed by atoms with van der Waals surface area (Å²) in [6.45, 7) is 1.73. The van der Waals surface area contributed by atoms with E-state index in [1.54, 1.807) is 0 Å². The van der Waals surface area contributed by atoms with Gasteiger partial charge in [-0.05, 0) is 24.3 Å². The second kappa shape index (κ2) is 8.25. The van der Waals surface area contributed by atoms with Crippen molar-refractivity contribution in [3.63, 3.8) is 0 Å². The van der Waals surface area contributed by atoms with Crippen LogP contribution in [-0.4, -0.2) is 39.1 Å². The molecule has 26 heavy (non-hydrogen) atoms. The average Bonchev–Trinajstić information content (AvgIpc) is 3.43. The average molecular weight is 371 g/mol. The lowest BCUT2D eigenvalue weighted by Crippen LogP contribution is -2.31. The zero-order valence-corrected chi connectivity index (χ0v) is 15.9. The van der Waals surface area contributed by atoms with Gasteiger partial charge < -0.3 is 4.90 Å². The van der Waals surface area contributed by atoms with Crippen LogP contribution in [0.2, 0.25) is 0 Å². The molecule has 2 aliphatic rings. The van der Waals surface area contributed by atoms with E-state index in [9.17, 15) is 4.79 Å². The number of thioether (sulfide) groups is 1. The first-order chi connectivity index (χ1) is 12.8. The number of nitrogens with one attached hydrogen (secondary N) is 1. The predicted octanol–water partition coefficient (Wildman–Crippen LogP) is 3.99. The van der Waals surface area contributed by atoms with Crippen molar-refractivity contribution in [1.82, 2.24) is 20.1 Å². The quantitative estimate of drug-likeness (QED) is 0.781. The second-order valence-electron chi connectivity index (χ2n) is 7.36. The molecular weight excluding hydrogens is 344 g/mol. The summed E-state index contributed by atoms with van der Waals surface area (Å²) in [4.78, 5) is 19.7. The number of aromatic nitrogens is 3. The summed E-state index contributed by atoms with van der Waals surface area (Å²) < 4.78 is 0. The van der Waals surface area contributed by atoms with Crippen LogP contribution in [-0.2, 0) is 11.2 Å². The highest BCUT2D eigenvalue weighted by Crippen LogP contribution is 2.36. The number of benzene rings is 1. The highest BCUT2D eigenvalue weighted by atomic mass is 32.2. The highest BCUT2D eigenvalue weighted by Gasteiger charge is 2.30. The first kappa shape index (κ1) is 17.6. The van der Waals surface area contributed by atoms with E-state index in [0.717, 1.165) is 49.7 Å². The van der Waals surface area contributed by atoms with E-state index in [2.05, 4.69) is 15.2 Å². The van der Waals surface area contributed by atoms with Crippen molar-refractivity contribution in [2.45, 2.75) is 55.4 Å². The Labute approximate surface area is 159 Å². The standard InChI is InChI=1S/C20H26N4OS/c25-19(24-12-6-7-13-24)18(16-10-2-1-3-11-16)26-20-21-17(22-23-20)14-15-8-4-5-9-15/h1-3,10-11,15,18H,4-9,12-14H2,(H,21,22,23). The zero-order chi connectivity index (χ0) is 17.8. The molecule has 1 N–H and O–H groups in total. The van der Waals surface area contributed by atoms with E-state index in [0.29, 0.717) is 5.16 Å². The van der Waals surface area contributed by atoms with Crippen molar-refractivity contribution in [1.29, 1.82) is 0 Å². The smallest absolute Gasteiger partial charge is 0.240 e. The van der Waals surface area contributed by atoms with Crippen LogP contribution in [0.5, 0.6) is 0 Å². The number of hydrogen-bond donors (Lipinski definition) is 1. The van der Waals surface area contributed by atoms with Crippen LogP contribution < -0.4 is 0 Å². The Morgan fingerprint density at radius 2 is 1.88 bits per heavy atom. The SMILES string of the molecule is O=C(C(Sc1n[nH]c(CC2CCCC2)n1)c1ccccc1)N1CCCC1. The molecule has 1 saturated heterocycles. The summed E-state index contributed by atoms with van der Waals surface area (Å²) in [5.41, 5.74) is 1.02. The van der Waals surface area contributed by atoms with Crippen LogP contribution in [0.4, 0.5) is 0 Å². The van der Waals surface area contributed by atoms with Gasteiger partial charge in [0.05, 0.1) is 0 Å². The molecule has 4 rings (SSSR count). The molecule has 1 atom stereocenters. The maximum Gasteiger partial charge on any atom is 0.240 e. The maximum atomic E-state index is 13.1. The molecule has 1 aliphatic heterocycles. The first-order valence-corrected chi connectivity index (χ1v) is 10.6.